The molecule has 11 heteroatoms. The molecule has 200 valence electrons. The Hall–Kier alpha value is -3.66. The Bertz CT molecular complexity index is 1270. The molecule has 5 rings (SSSR count). The summed E-state index contributed by atoms with van der Waals surface area (Å²) in [5.74, 6) is 0.731. The van der Waals surface area contributed by atoms with Crippen molar-refractivity contribution in [3.05, 3.63) is 64.4 Å². The van der Waals surface area contributed by atoms with Crippen LogP contribution in [0.4, 0.5) is 10.7 Å². The summed E-state index contributed by atoms with van der Waals surface area (Å²) in [5.41, 5.74) is 2.10. The first kappa shape index (κ1) is 26.0. The van der Waals surface area contributed by atoms with E-state index >= 15 is 0 Å². The van der Waals surface area contributed by atoms with Crippen LogP contribution in [0.1, 0.15) is 55.3 Å². The van der Waals surface area contributed by atoms with Gasteiger partial charge in [-0.1, -0.05) is 54.0 Å². The summed E-state index contributed by atoms with van der Waals surface area (Å²) >= 11 is 6.03. The molecule has 2 aliphatic carbocycles. The minimum Gasteiger partial charge on any atom is -0.480 e. The maximum atomic E-state index is 13.5. The number of halogens is 1. The number of aromatic nitrogens is 3. The van der Waals surface area contributed by atoms with Gasteiger partial charge in [0.2, 0.25) is 17.7 Å². The number of carbonyl (C=O) groups is 2. The predicted molar refractivity (Wildman–Crippen MR) is 139 cm³/mol. The van der Waals surface area contributed by atoms with E-state index in [0.717, 1.165) is 31.2 Å². The van der Waals surface area contributed by atoms with Crippen molar-refractivity contribution in [1.29, 1.82) is 0 Å². The number of hydrogen-bond acceptors (Lipinski definition) is 8. The lowest BCUT2D eigenvalue weighted by molar-refractivity contribution is -0.119. The van der Waals surface area contributed by atoms with Gasteiger partial charge in [-0.05, 0) is 55.1 Å². The van der Waals surface area contributed by atoms with Crippen LogP contribution in [0.2, 0.25) is 5.15 Å². The van der Waals surface area contributed by atoms with Gasteiger partial charge in [-0.25, -0.2) is 4.79 Å². The number of nitrogens with zero attached hydrogens (tertiary/aromatic N) is 3. The lowest BCUT2D eigenvalue weighted by atomic mass is 9.89. The summed E-state index contributed by atoms with van der Waals surface area (Å²) in [5, 5.41) is 17.8. The second kappa shape index (κ2) is 11.4. The summed E-state index contributed by atoms with van der Waals surface area (Å²) in [6.07, 6.45) is 3.60. The van der Waals surface area contributed by atoms with E-state index in [2.05, 4.69) is 26.0 Å². The summed E-state index contributed by atoms with van der Waals surface area (Å²) in [4.78, 5) is 26.2. The Kier molecular flexibility index (Phi) is 7.78. The summed E-state index contributed by atoms with van der Waals surface area (Å²) in [7, 11) is 1.50. The first-order chi connectivity index (χ1) is 18.4. The SMILES string of the molecule is COc1nnc(Cl)cc1C(C)c1cc(NC(=O)[C@@H](NC(=O)OCc2ccccc2)C(C2CC2)C2CC2)on1. The zero-order valence-electron chi connectivity index (χ0n) is 21.2. The molecule has 2 aliphatic rings. The van der Waals surface area contributed by atoms with E-state index in [0.29, 0.717) is 29.0 Å². The van der Waals surface area contributed by atoms with Gasteiger partial charge >= 0.3 is 6.09 Å². The smallest absolute Gasteiger partial charge is 0.408 e. The number of carbonyl (C=O) groups excluding carboxylic acids is 2. The van der Waals surface area contributed by atoms with E-state index in [1.54, 1.807) is 12.1 Å². The Morgan fingerprint density at radius 3 is 2.47 bits per heavy atom. The van der Waals surface area contributed by atoms with Crippen molar-refractivity contribution in [2.45, 2.75) is 51.2 Å². The van der Waals surface area contributed by atoms with E-state index in [9.17, 15) is 9.59 Å². The number of hydrogen-bond donors (Lipinski definition) is 2. The minimum atomic E-state index is -0.743. The lowest BCUT2D eigenvalue weighted by Gasteiger charge is -2.26. The van der Waals surface area contributed by atoms with Crippen LogP contribution in [0, 0.1) is 17.8 Å². The molecule has 0 aliphatic heterocycles. The standard InChI is InChI=1S/C27H30ClN5O5/c1-15(19-12-21(28)31-32-26(19)36-2)20-13-22(38-33-20)29-25(34)24(23(17-8-9-17)18-10-11-18)30-27(35)37-14-16-6-4-3-5-7-16/h3-7,12-13,15,17-18,23-24H,8-11,14H2,1-2H3,(H,29,34)(H,30,35)/t15?,24-/m0/s1. The maximum absolute atomic E-state index is 13.5. The van der Waals surface area contributed by atoms with E-state index in [1.807, 2.05) is 37.3 Å². The lowest BCUT2D eigenvalue weighted by Crippen LogP contribution is -2.50. The van der Waals surface area contributed by atoms with Gasteiger partial charge in [-0.3, -0.25) is 10.1 Å². The normalized spacial score (nSPS) is 16.5. The highest BCUT2D eigenvalue weighted by molar-refractivity contribution is 6.29. The van der Waals surface area contributed by atoms with Gasteiger partial charge in [0.25, 0.3) is 0 Å². The molecule has 1 aromatic carbocycles. The van der Waals surface area contributed by atoms with Crippen molar-refractivity contribution >= 4 is 29.5 Å². The quantitative estimate of drug-likeness (QED) is 0.350. The van der Waals surface area contributed by atoms with Crippen molar-refractivity contribution in [2.75, 3.05) is 12.4 Å². The average molecular weight is 540 g/mol. The average Bonchev–Trinajstić information content (AvgIpc) is 3.87. The van der Waals surface area contributed by atoms with E-state index < -0.39 is 12.1 Å². The Balaban J connectivity index is 1.28. The molecule has 2 fully saturated rings. The fraction of sp³-hybridized carbons (Fsp3) is 0.444. The fourth-order valence-electron chi connectivity index (χ4n) is 4.87. The third-order valence-corrected chi connectivity index (χ3v) is 7.31. The molecule has 38 heavy (non-hydrogen) atoms. The van der Waals surface area contributed by atoms with Gasteiger partial charge in [-0.15, -0.1) is 10.2 Å². The van der Waals surface area contributed by atoms with Crippen LogP contribution in [-0.2, 0) is 16.1 Å². The molecule has 0 saturated heterocycles. The van der Waals surface area contributed by atoms with Gasteiger partial charge in [0.15, 0.2) is 5.15 Å². The fourth-order valence-corrected chi connectivity index (χ4v) is 5.02. The molecule has 1 unspecified atom stereocenters. The van der Waals surface area contributed by atoms with Crippen LogP contribution >= 0.6 is 11.6 Å². The second-order valence-corrected chi connectivity index (χ2v) is 10.3. The van der Waals surface area contributed by atoms with E-state index in [1.165, 1.54) is 7.11 Å². The monoisotopic (exact) mass is 539 g/mol. The largest absolute Gasteiger partial charge is 0.480 e. The summed E-state index contributed by atoms with van der Waals surface area (Å²) < 4.78 is 16.2. The molecular formula is C27H30ClN5O5. The molecule has 0 bridgehead atoms. The third kappa shape index (κ3) is 6.24. The Morgan fingerprint density at radius 2 is 1.82 bits per heavy atom. The van der Waals surface area contributed by atoms with Crippen molar-refractivity contribution in [3.8, 4) is 5.88 Å². The predicted octanol–water partition coefficient (Wildman–Crippen LogP) is 4.95. The highest BCUT2D eigenvalue weighted by Gasteiger charge is 2.48. The van der Waals surface area contributed by atoms with Crippen LogP contribution < -0.4 is 15.4 Å². The number of nitrogens with one attached hydrogen (secondary N) is 2. The zero-order valence-corrected chi connectivity index (χ0v) is 22.0. The topological polar surface area (TPSA) is 128 Å². The zero-order chi connectivity index (χ0) is 26.6. The molecule has 0 spiro atoms. The molecule has 0 radical (unpaired) electrons. The van der Waals surface area contributed by atoms with Gasteiger partial charge in [0, 0.05) is 17.5 Å². The molecule has 3 aromatic rings. The van der Waals surface area contributed by atoms with Crippen molar-refractivity contribution in [2.24, 2.45) is 17.8 Å². The van der Waals surface area contributed by atoms with Crippen LogP contribution in [0.25, 0.3) is 0 Å². The van der Waals surface area contributed by atoms with Gasteiger partial charge in [0.1, 0.15) is 12.6 Å². The highest BCUT2D eigenvalue weighted by atomic mass is 35.5. The molecule has 2 N–H and O–H groups in total. The second-order valence-electron chi connectivity index (χ2n) is 9.89. The van der Waals surface area contributed by atoms with Crippen molar-refractivity contribution in [1.82, 2.24) is 20.7 Å². The number of amides is 2. The Morgan fingerprint density at radius 1 is 1.11 bits per heavy atom. The van der Waals surface area contributed by atoms with Crippen LogP contribution in [-0.4, -0.2) is 40.5 Å². The molecule has 2 amide bonds. The molecule has 2 aromatic heterocycles. The molecule has 2 atom stereocenters. The Labute approximate surface area is 225 Å². The van der Waals surface area contributed by atoms with Crippen molar-refractivity contribution in [3.63, 3.8) is 0 Å². The first-order valence-electron chi connectivity index (χ1n) is 12.7. The molecule has 10 nitrogen and oxygen atoms in total. The number of benzene rings is 1. The van der Waals surface area contributed by atoms with Gasteiger partial charge in [-0.2, -0.15) is 0 Å². The highest BCUT2D eigenvalue weighted by Crippen LogP contribution is 2.51. The number of methoxy groups -OCH3 is 1. The number of anilines is 1. The van der Waals surface area contributed by atoms with Crippen LogP contribution in [0.3, 0.4) is 0 Å². The van der Waals surface area contributed by atoms with Gasteiger partial charge < -0.3 is 19.3 Å². The number of ether oxygens (including phenoxy) is 2. The number of rotatable bonds is 11. The maximum Gasteiger partial charge on any atom is 0.408 e. The third-order valence-electron chi connectivity index (χ3n) is 7.12. The van der Waals surface area contributed by atoms with Crippen molar-refractivity contribution < 1.29 is 23.6 Å². The molecular weight excluding hydrogens is 510 g/mol. The van der Waals surface area contributed by atoms with E-state index in [4.69, 9.17) is 25.6 Å². The first-order valence-corrected chi connectivity index (χ1v) is 13.1. The number of alkyl carbamates (subject to hydrolysis) is 1. The van der Waals surface area contributed by atoms with Gasteiger partial charge in [0.05, 0.1) is 12.8 Å². The van der Waals surface area contributed by atoms with Crippen LogP contribution in [0.5, 0.6) is 5.88 Å². The summed E-state index contributed by atoms with van der Waals surface area (Å²) in [6, 6.07) is 12.0. The van der Waals surface area contributed by atoms with E-state index in [-0.39, 0.29) is 35.4 Å². The minimum absolute atomic E-state index is 0.0508. The van der Waals surface area contributed by atoms with Crippen LogP contribution in [0.15, 0.2) is 47.0 Å². The summed E-state index contributed by atoms with van der Waals surface area (Å²) in [6.45, 7) is 2.02. The molecule has 2 saturated carbocycles. The molecule has 2 heterocycles.